The van der Waals surface area contributed by atoms with Gasteiger partial charge in [0.15, 0.2) is 5.11 Å². The van der Waals surface area contributed by atoms with Crippen LogP contribution < -0.4 is 15.4 Å². The third-order valence-corrected chi connectivity index (χ3v) is 5.93. The summed E-state index contributed by atoms with van der Waals surface area (Å²) in [5.74, 6) is 0.366. The van der Waals surface area contributed by atoms with Crippen molar-refractivity contribution in [3.05, 3.63) is 72.1 Å². The van der Waals surface area contributed by atoms with E-state index < -0.39 is 10.0 Å². The lowest BCUT2D eigenvalue weighted by molar-refractivity contribution is 0.601. The van der Waals surface area contributed by atoms with E-state index in [1.807, 2.05) is 19.1 Å². The number of rotatable bonds is 6. The third-order valence-electron chi connectivity index (χ3n) is 4.38. The molecule has 9 heteroatoms. The van der Waals surface area contributed by atoms with Crippen LogP contribution in [0.3, 0.4) is 0 Å². The highest BCUT2D eigenvalue weighted by molar-refractivity contribution is 7.92. The van der Waals surface area contributed by atoms with Gasteiger partial charge in [-0.2, -0.15) is 0 Å². The Bertz CT molecular complexity index is 1130. The lowest BCUT2D eigenvalue weighted by Crippen LogP contribution is -2.21. The summed E-state index contributed by atoms with van der Waals surface area (Å²) >= 11 is 5.45. The monoisotopic (exact) mass is 441 g/mol. The first-order valence-electron chi connectivity index (χ1n) is 9.33. The number of benzene rings is 2. The fourth-order valence-corrected chi connectivity index (χ4v) is 4.04. The van der Waals surface area contributed by atoms with Crippen molar-refractivity contribution < 1.29 is 8.42 Å². The number of sulfonamides is 1. The minimum absolute atomic E-state index is 0.0178. The fraction of sp³-hybridized carbons (Fsp3) is 0.190. The molecule has 1 heterocycles. The van der Waals surface area contributed by atoms with Crippen LogP contribution in [0.15, 0.2) is 65.8 Å². The SMILES string of the molecule is Cc1cccc(C(C)C)c1NC(=S)Nc1ccc(S(=O)(=O)Nc2ncccn2)cc1. The molecule has 156 valence electrons. The molecule has 0 saturated carbocycles. The lowest BCUT2D eigenvalue weighted by atomic mass is 9.98. The zero-order chi connectivity index (χ0) is 21.7. The highest BCUT2D eigenvalue weighted by Crippen LogP contribution is 2.27. The fourth-order valence-electron chi connectivity index (χ4n) is 2.87. The molecule has 0 unspecified atom stereocenters. The van der Waals surface area contributed by atoms with Gasteiger partial charge in [0.1, 0.15) is 0 Å². The molecular formula is C21H23N5O2S2. The Labute approximate surface area is 182 Å². The van der Waals surface area contributed by atoms with Crippen LogP contribution in [-0.4, -0.2) is 23.5 Å². The van der Waals surface area contributed by atoms with Gasteiger partial charge in [-0.15, -0.1) is 0 Å². The average Bonchev–Trinajstić information content (AvgIpc) is 2.70. The molecule has 0 saturated heterocycles. The molecule has 0 fully saturated rings. The van der Waals surface area contributed by atoms with Crippen molar-refractivity contribution in [1.29, 1.82) is 0 Å². The Kier molecular flexibility index (Phi) is 6.63. The van der Waals surface area contributed by atoms with Crippen LogP contribution in [0.4, 0.5) is 17.3 Å². The summed E-state index contributed by atoms with van der Waals surface area (Å²) in [6, 6.07) is 14.0. The smallest absolute Gasteiger partial charge is 0.264 e. The number of nitrogens with one attached hydrogen (secondary N) is 3. The van der Waals surface area contributed by atoms with Gasteiger partial charge in [-0.05, 0) is 66.5 Å². The van der Waals surface area contributed by atoms with Crippen molar-refractivity contribution in [3.8, 4) is 0 Å². The molecule has 3 N–H and O–H groups in total. The summed E-state index contributed by atoms with van der Waals surface area (Å²) in [4.78, 5) is 7.84. The van der Waals surface area contributed by atoms with Crippen LogP contribution in [0.5, 0.6) is 0 Å². The Hall–Kier alpha value is -3.04. The highest BCUT2D eigenvalue weighted by atomic mass is 32.2. The first-order chi connectivity index (χ1) is 14.3. The van der Waals surface area contributed by atoms with Gasteiger partial charge in [0, 0.05) is 23.8 Å². The van der Waals surface area contributed by atoms with E-state index in [9.17, 15) is 8.42 Å². The molecule has 1 aromatic heterocycles. The maximum atomic E-state index is 12.5. The highest BCUT2D eigenvalue weighted by Gasteiger charge is 2.16. The first kappa shape index (κ1) is 21.7. The van der Waals surface area contributed by atoms with Crippen LogP contribution in [0, 0.1) is 6.92 Å². The second-order valence-corrected chi connectivity index (χ2v) is 9.07. The largest absolute Gasteiger partial charge is 0.332 e. The topological polar surface area (TPSA) is 96.0 Å². The predicted octanol–water partition coefficient (Wildman–Crippen LogP) is 4.52. The van der Waals surface area contributed by atoms with Crippen LogP contribution in [-0.2, 0) is 10.0 Å². The van der Waals surface area contributed by atoms with E-state index in [2.05, 4.69) is 45.2 Å². The van der Waals surface area contributed by atoms with Gasteiger partial charge in [-0.3, -0.25) is 0 Å². The second-order valence-electron chi connectivity index (χ2n) is 6.98. The van der Waals surface area contributed by atoms with Gasteiger partial charge in [-0.25, -0.2) is 23.1 Å². The van der Waals surface area contributed by atoms with Crippen LogP contribution in [0.1, 0.15) is 30.9 Å². The molecular weight excluding hydrogens is 418 g/mol. The number of para-hydroxylation sites is 1. The summed E-state index contributed by atoms with van der Waals surface area (Å²) in [6.45, 7) is 6.29. The van der Waals surface area contributed by atoms with E-state index in [1.165, 1.54) is 30.1 Å². The van der Waals surface area contributed by atoms with Gasteiger partial charge in [0.25, 0.3) is 10.0 Å². The molecule has 3 aromatic rings. The van der Waals surface area contributed by atoms with E-state index in [0.717, 1.165) is 11.3 Å². The molecule has 0 atom stereocenters. The van der Waals surface area contributed by atoms with Crippen molar-refractivity contribution in [2.24, 2.45) is 0 Å². The molecule has 30 heavy (non-hydrogen) atoms. The maximum Gasteiger partial charge on any atom is 0.264 e. The van der Waals surface area contributed by atoms with Crippen LogP contribution in [0.25, 0.3) is 0 Å². The number of thiocarbonyl (C=S) groups is 1. The standard InChI is InChI=1S/C21H23N5O2S2/c1-14(2)18-7-4-6-15(3)19(18)25-21(29)24-16-8-10-17(11-9-16)30(27,28)26-20-22-12-5-13-23-20/h4-14H,1-3H3,(H,22,23,26)(H2,24,25,29). The number of anilines is 3. The minimum atomic E-state index is -3.78. The van der Waals surface area contributed by atoms with E-state index in [0.29, 0.717) is 16.7 Å². The number of hydrogen-bond donors (Lipinski definition) is 3. The first-order valence-corrected chi connectivity index (χ1v) is 11.2. The molecule has 0 radical (unpaired) electrons. The second kappa shape index (κ2) is 9.19. The zero-order valence-electron chi connectivity index (χ0n) is 16.9. The van der Waals surface area contributed by atoms with Gasteiger partial charge < -0.3 is 10.6 Å². The van der Waals surface area contributed by atoms with E-state index in [1.54, 1.807) is 18.2 Å². The normalized spacial score (nSPS) is 11.2. The van der Waals surface area contributed by atoms with E-state index >= 15 is 0 Å². The number of hydrogen-bond acceptors (Lipinski definition) is 5. The Morgan fingerprint density at radius 1 is 0.967 bits per heavy atom. The van der Waals surface area contributed by atoms with Gasteiger partial charge in [-0.1, -0.05) is 32.0 Å². The van der Waals surface area contributed by atoms with Crippen LogP contribution in [0.2, 0.25) is 0 Å². The van der Waals surface area contributed by atoms with Crippen LogP contribution >= 0.6 is 12.2 Å². The summed E-state index contributed by atoms with van der Waals surface area (Å²) < 4.78 is 27.3. The van der Waals surface area contributed by atoms with Crippen molar-refractivity contribution in [3.63, 3.8) is 0 Å². The molecule has 0 aliphatic rings. The number of aromatic nitrogens is 2. The summed E-state index contributed by atoms with van der Waals surface area (Å²) in [5, 5.41) is 6.78. The summed E-state index contributed by atoms with van der Waals surface area (Å²) in [7, 11) is -3.78. The van der Waals surface area contributed by atoms with Crippen molar-refractivity contribution in [2.45, 2.75) is 31.6 Å². The molecule has 0 aliphatic heterocycles. The summed E-state index contributed by atoms with van der Waals surface area (Å²) in [5.41, 5.74) is 3.93. The Balaban J connectivity index is 1.70. The van der Waals surface area contributed by atoms with Gasteiger partial charge >= 0.3 is 0 Å². The molecule has 0 amide bonds. The van der Waals surface area contributed by atoms with E-state index in [4.69, 9.17) is 12.2 Å². The molecule has 7 nitrogen and oxygen atoms in total. The zero-order valence-corrected chi connectivity index (χ0v) is 18.5. The maximum absolute atomic E-state index is 12.5. The third kappa shape index (κ3) is 5.31. The summed E-state index contributed by atoms with van der Waals surface area (Å²) in [6.07, 6.45) is 2.93. The Morgan fingerprint density at radius 2 is 1.63 bits per heavy atom. The molecule has 3 rings (SSSR count). The van der Waals surface area contributed by atoms with Crippen molar-refractivity contribution in [2.75, 3.05) is 15.4 Å². The van der Waals surface area contributed by atoms with Gasteiger partial charge in [0.05, 0.1) is 4.90 Å². The number of aryl methyl sites for hydroxylation is 1. The molecule has 0 aliphatic carbocycles. The average molecular weight is 442 g/mol. The lowest BCUT2D eigenvalue weighted by Gasteiger charge is -2.18. The molecule has 0 bridgehead atoms. The molecule has 0 spiro atoms. The molecule has 2 aromatic carbocycles. The van der Waals surface area contributed by atoms with Crippen molar-refractivity contribution in [1.82, 2.24) is 9.97 Å². The van der Waals surface area contributed by atoms with Crippen molar-refractivity contribution >= 4 is 44.7 Å². The van der Waals surface area contributed by atoms with E-state index in [-0.39, 0.29) is 10.8 Å². The predicted molar refractivity (Wildman–Crippen MR) is 124 cm³/mol. The number of nitrogens with zero attached hydrogens (tertiary/aromatic N) is 2. The minimum Gasteiger partial charge on any atom is -0.332 e. The Morgan fingerprint density at radius 3 is 2.27 bits per heavy atom. The van der Waals surface area contributed by atoms with Gasteiger partial charge in [0.2, 0.25) is 5.95 Å². The quantitative estimate of drug-likeness (QED) is 0.484.